The van der Waals surface area contributed by atoms with Gasteiger partial charge in [-0.15, -0.1) is 0 Å². The Bertz CT molecular complexity index is 611. The molecule has 0 radical (unpaired) electrons. The van der Waals surface area contributed by atoms with Gasteiger partial charge in [0, 0.05) is 15.5 Å². The smallest absolute Gasteiger partial charge is 0.339 e. The van der Waals surface area contributed by atoms with Crippen LogP contribution in [0.25, 0.3) is 0 Å². The third-order valence-corrected chi connectivity index (χ3v) is 3.69. The monoisotopic (exact) mass is 273 g/mol. The Morgan fingerprint density at radius 1 is 1.21 bits per heavy atom. The molecule has 98 valence electrons. The molecule has 0 aromatic heterocycles. The Balaban J connectivity index is 2.37. The summed E-state index contributed by atoms with van der Waals surface area (Å²) in [6, 6.07) is 13.4. The van der Waals surface area contributed by atoms with Crippen molar-refractivity contribution in [3.8, 4) is 0 Å². The average molecular weight is 273 g/mol. The third kappa shape index (κ3) is 3.29. The Hall–Kier alpha value is -1.94. The molecule has 19 heavy (non-hydrogen) atoms. The van der Waals surface area contributed by atoms with Crippen molar-refractivity contribution in [1.29, 1.82) is 0 Å². The summed E-state index contributed by atoms with van der Waals surface area (Å²) < 4.78 is 4.79. The summed E-state index contributed by atoms with van der Waals surface area (Å²) in [5.74, 6) is -0.373. The molecule has 3 nitrogen and oxygen atoms in total. The highest BCUT2D eigenvalue weighted by molar-refractivity contribution is 7.99. The highest BCUT2D eigenvalue weighted by Gasteiger charge is 2.13. The van der Waals surface area contributed by atoms with Gasteiger partial charge < -0.3 is 10.5 Å². The van der Waals surface area contributed by atoms with Crippen LogP contribution in [0.15, 0.2) is 52.3 Å². The summed E-state index contributed by atoms with van der Waals surface area (Å²) >= 11 is 1.52. The maximum absolute atomic E-state index is 11.8. The predicted molar refractivity (Wildman–Crippen MR) is 77.5 cm³/mol. The molecule has 0 bridgehead atoms. The normalized spacial score (nSPS) is 10.2. The zero-order valence-electron chi connectivity index (χ0n) is 10.8. The maximum Gasteiger partial charge on any atom is 0.339 e. The second kappa shape index (κ2) is 5.80. The molecule has 2 aromatic carbocycles. The molecule has 0 saturated carbocycles. The summed E-state index contributed by atoms with van der Waals surface area (Å²) in [6.45, 7) is 2.04. The number of esters is 1. The first-order chi connectivity index (χ1) is 9.10. The predicted octanol–water partition coefficient (Wildman–Crippen LogP) is 3.52. The zero-order valence-corrected chi connectivity index (χ0v) is 11.7. The van der Waals surface area contributed by atoms with Gasteiger partial charge in [0.2, 0.25) is 0 Å². The highest BCUT2D eigenvalue weighted by Crippen LogP contribution is 2.32. The molecule has 0 saturated heterocycles. The van der Waals surface area contributed by atoms with Crippen LogP contribution in [0.5, 0.6) is 0 Å². The van der Waals surface area contributed by atoms with Crippen molar-refractivity contribution in [2.24, 2.45) is 0 Å². The van der Waals surface area contributed by atoms with Gasteiger partial charge in [0.15, 0.2) is 0 Å². The van der Waals surface area contributed by atoms with E-state index < -0.39 is 0 Å². The number of anilines is 1. The van der Waals surface area contributed by atoms with Gasteiger partial charge in [0.25, 0.3) is 0 Å². The molecule has 0 atom stereocenters. The summed E-state index contributed by atoms with van der Waals surface area (Å²) in [7, 11) is 1.37. The quantitative estimate of drug-likeness (QED) is 0.686. The molecule has 2 aromatic rings. The van der Waals surface area contributed by atoms with Crippen LogP contribution in [-0.2, 0) is 4.74 Å². The van der Waals surface area contributed by atoms with Gasteiger partial charge in [0.05, 0.1) is 12.7 Å². The number of aryl methyl sites for hydroxylation is 1. The maximum atomic E-state index is 11.8. The lowest BCUT2D eigenvalue weighted by atomic mass is 10.2. The van der Waals surface area contributed by atoms with Crippen LogP contribution >= 0.6 is 11.8 Å². The van der Waals surface area contributed by atoms with Gasteiger partial charge in [-0.3, -0.25) is 0 Å². The van der Waals surface area contributed by atoms with Gasteiger partial charge in [-0.2, -0.15) is 0 Å². The fourth-order valence-electron chi connectivity index (χ4n) is 1.71. The van der Waals surface area contributed by atoms with Crippen LogP contribution in [0.3, 0.4) is 0 Å². The minimum atomic E-state index is -0.373. The van der Waals surface area contributed by atoms with E-state index in [9.17, 15) is 4.79 Å². The Morgan fingerprint density at radius 3 is 2.68 bits per heavy atom. The summed E-state index contributed by atoms with van der Waals surface area (Å²) in [4.78, 5) is 13.7. The molecule has 0 spiro atoms. The lowest BCUT2D eigenvalue weighted by molar-refractivity contribution is 0.0597. The van der Waals surface area contributed by atoms with Crippen molar-refractivity contribution in [3.63, 3.8) is 0 Å². The van der Waals surface area contributed by atoms with Crippen LogP contribution in [0, 0.1) is 6.92 Å². The first-order valence-corrected chi connectivity index (χ1v) is 6.64. The lowest BCUT2D eigenvalue weighted by Crippen LogP contribution is -2.04. The minimum absolute atomic E-state index is 0.373. The molecule has 0 aliphatic carbocycles. The van der Waals surface area contributed by atoms with Crippen LogP contribution in [-0.4, -0.2) is 13.1 Å². The van der Waals surface area contributed by atoms with Crippen molar-refractivity contribution in [1.82, 2.24) is 0 Å². The van der Waals surface area contributed by atoms with E-state index in [0.717, 1.165) is 9.79 Å². The number of nitrogen functional groups attached to an aromatic ring is 1. The van der Waals surface area contributed by atoms with E-state index in [4.69, 9.17) is 10.5 Å². The second-order valence-electron chi connectivity index (χ2n) is 4.17. The molecule has 4 heteroatoms. The molecule has 2 N–H and O–H groups in total. The fourth-order valence-corrected chi connectivity index (χ4v) is 2.75. The van der Waals surface area contributed by atoms with E-state index in [-0.39, 0.29) is 5.97 Å². The molecular weight excluding hydrogens is 258 g/mol. The number of nitrogens with two attached hydrogens (primary N) is 1. The van der Waals surface area contributed by atoms with Crippen LogP contribution in [0.1, 0.15) is 15.9 Å². The van der Waals surface area contributed by atoms with Crippen LogP contribution < -0.4 is 5.73 Å². The van der Waals surface area contributed by atoms with E-state index in [0.29, 0.717) is 11.3 Å². The molecule has 0 amide bonds. The van der Waals surface area contributed by atoms with Gasteiger partial charge in [-0.25, -0.2) is 4.79 Å². The molecule has 0 aliphatic rings. The topological polar surface area (TPSA) is 52.3 Å². The van der Waals surface area contributed by atoms with Crippen molar-refractivity contribution in [3.05, 3.63) is 53.6 Å². The minimum Gasteiger partial charge on any atom is -0.465 e. The molecule has 2 rings (SSSR count). The molecular formula is C15H15NO2S. The van der Waals surface area contributed by atoms with E-state index in [1.54, 1.807) is 12.1 Å². The first kappa shape index (κ1) is 13.5. The fraction of sp³-hybridized carbons (Fsp3) is 0.133. The van der Waals surface area contributed by atoms with Gasteiger partial charge >= 0.3 is 5.97 Å². The van der Waals surface area contributed by atoms with Crippen LogP contribution in [0.2, 0.25) is 0 Å². The molecule has 0 heterocycles. The Labute approximate surface area is 116 Å². The zero-order chi connectivity index (χ0) is 13.8. The summed E-state index contributed by atoms with van der Waals surface area (Å²) in [5.41, 5.74) is 7.95. The standard InChI is InChI=1S/C15H15NO2S/c1-10-4-3-5-12(8-10)19-14-7-6-11(16)9-13(14)15(17)18-2/h3-9H,16H2,1-2H3. The third-order valence-electron chi connectivity index (χ3n) is 2.63. The number of hydrogen-bond acceptors (Lipinski definition) is 4. The number of ether oxygens (including phenoxy) is 1. The average Bonchev–Trinajstić information content (AvgIpc) is 2.40. The van der Waals surface area contributed by atoms with Crippen molar-refractivity contribution >= 4 is 23.4 Å². The number of carbonyl (C=O) groups is 1. The number of rotatable bonds is 3. The summed E-state index contributed by atoms with van der Waals surface area (Å²) in [6.07, 6.45) is 0. The number of hydrogen-bond donors (Lipinski definition) is 1. The van der Waals surface area contributed by atoms with Crippen molar-refractivity contribution in [2.45, 2.75) is 16.7 Å². The van der Waals surface area contributed by atoms with Gasteiger partial charge in [-0.05, 0) is 37.3 Å². The molecule has 0 fully saturated rings. The number of benzene rings is 2. The number of carbonyl (C=O) groups excluding carboxylic acids is 1. The molecule has 0 aliphatic heterocycles. The van der Waals surface area contributed by atoms with E-state index >= 15 is 0 Å². The largest absolute Gasteiger partial charge is 0.465 e. The highest BCUT2D eigenvalue weighted by atomic mass is 32.2. The van der Waals surface area contributed by atoms with E-state index in [2.05, 4.69) is 6.07 Å². The Kier molecular flexibility index (Phi) is 4.12. The SMILES string of the molecule is COC(=O)c1cc(N)ccc1Sc1cccc(C)c1. The first-order valence-electron chi connectivity index (χ1n) is 5.82. The van der Waals surface area contributed by atoms with E-state index in [1.807, 2.05) is 31.2 Å². The van der Waals surface area contributed by atoms with Gasteiger partial charge in [0.1, 0.15) is 0 Å². The van der Waals surface area contributed by atoms with Crippen LogP contribution in [0.4, 0.5) is 5.69 Å². The van der Waals surface area contributed by atoms with Gasteiger partial charge in [-0.1, -0.05) is 29.5 Å². The van der Waals surface area contributed by atoms with Crippen molar-refractivity contribution < 1.29 is 9.53 Å². The number of methoxy groups -OCH3 is 1. The summed E-state index contributed by atoms with van der Waals surface area (Å²) in [5, 5.41) is 0. The second-order valence-corrected chi connectivity index (χ2v) is 5.28. The molecule has 0 unspecified atom stereocenters. The Morgan fingerprint density at radius 2 is 2.00 bits per heavy atom. The lowest BCUT2D eigenvalue weighted by Gasteiger charge is -2.09. The van der Waals surface area contributed by atoms with Crippen molar-refractivity contribution in [2.75, 3.05) is 12.8 Å². The van der Waals surface area contributed by atoms with E-state index in [1.165, 1.54) is 24.4 Å².